The Bertz CT molecular complexity index is 533. The predicted molar refractivity (Wildman–Crippen MR) is 73.8 cm³/mol. The van der Waals surface area contributed by atoms with E-state index in [1.54, 1.807) is 12.1 Å². The molecule has 0 spiro atoms. The molecular formula is C10H6BrNO3S2. The van der Waals surface area contributed by atoms with Crippen molar-refractivity contribution in [1.29, 1.82) is 0 Å². The third-order valence-electron chi connectivity index (χ3n) is 2.01. The van der Waals surface area contributed by atoms with Crippen molar-refractivity contribution < 1.29 is 15.0 Å². The fourth-order valence-electron chi connectivity index (χ4n) is 1.26. The Hall–Kier alpha value is -1.05. The maximum Gasteiger partial charge on any atom is 0.263 e. The molecule has 0 radical (unpaired) electrons. The largest absolute Gasteiger partial charge is 0.504 e. The molecule has 1 aromatic carbocycles. The lowest BCUT2D eigenvalue weighted by atomic mass is 10.2. The van der Waals surface area contributed by atoms with Crippen LogP contribution in [-0.4, -0.2) is 20.4 Å². The Morgan fingerprint density at radius 2 is 2.12 bits per heavy atom. The first-order valence-corrected chi connectivity index (χ1v) is 6.45. The second kappa shape index (κ2) is 4.67. The minimum Gasteiger partial charge on any atom is -0.504 e. The van der Waals surface area contributed by atoms with Crippen molar-refractivity contribution in [1.82, 2.24) is 5.32 Å². The topological polar surface area (TPSA) is 69.6 Å². The molecule has 1 aliphatic rings. The summed E-state index contributed by atoms with van der Waals surface area (Å²) in [4.78, 5) is 11.9. The summed E-state index contributed by atoms with van der Waals surface area (Å²) in [5.74, 6) is -0.743. The molecule has 3 N–H and O–H groups in total. The van der Waals surface area contributed by atoms with E-state index in [1.165, 1.54) is 6.07 Å². The van der Waals surface area contributed by atoms with E-state index in [0.717, 1.165) is 11.8 Å². The summed E-state index contributed by atoms with van der Waals surface area (Å²) in [7, 11) is 0. The molecule has 1 amide bonds. The SMILES string of the molecule is O=C1NC(=S)S/C1=C\c1cc(O)c(O)c(Br)c1. The van der Waals surface area contributed by atoms with Gasteiger partial charge in [0.15, 0.2) is 11.5 Å². The van der Waals surface area contributed by atoms with E-state index in [-0.39, 0.29) is 17.4 Å². The van der Waals surface area contributed by atoms with Crippen molar-refractivity contribution >= 4 is 56.2 Å². The predicted octanol–water partition coefficient (Wildman–Crippen LogP) is 2.35. The maximum atomic E-state index is 11.4. The summed E-state index contributed by atoms with van der Waals surface area (Å²) in [5, 5.41) is 21.3. The number of rotatable bonds is 1. The minimum absolute atomic E-state index is 0.230. The summed E-state index contributed by atoms with van der Waals surface area (Å²) in [6.45, 7) is 0. The van der Waals surface area contributed by atoms with Crippen LogP contribution < -0.4 is 5.32 Å². The molecular weight excluding hydrogens is 326 g/mol. The number of phenols is 2. The van der Waals surface area contributed by atoms with E-state index in [4.69, 9.17) is 12.2 Å². The summed E-state index contributed by atoms with van der Waals surface area (Å²) >= 11 is 9.11. The van der Waals surface area contributed by atoms with Gasteiger partial charge in [-0.25, -0.2) is 0 Å². The van der Waals surface area contributed by atoms with Crippen LogP contribution in [0.25, 0.3) is 6.08 Å². The van der Waals surface area contributed by atoms with E-state index in [9.17, 15) is 15.0 Å². The van der Waals surface area contributed by atoms with Gasteiger partial charge >= 0.3 is 0 Å². The summed E-state index contributed by atoms with van der Waals surface area (Å²) < 4.78 is 0.763. The van der Waals surface area contributed by atoms with Crippen molar-refractivity contribution in [3.63, 3.8) is 0 Å². The number of amides is 1. The second-order valence-electron chi connectivity index (χ2n) is 3.22. The van der Waals surface area contributed by atoms with Crippen LogP contribution in [0, 0.1) is 0 Å². The van der Waals surface area contributed by atoms with Gasteiger partial charge in [-0.2, -0.15) is 0 Å². The molecule has 1 saturated heterocycles. The van der Waals surface area contributed by atoms with Crippen molar-refractivity contribution in [3.8, 4) is 11.5 Å². The zero-order valence-corrected chi connectivity index (χ0v) is 11.4. The van der Waals surface area contributed by atoms with Crippen LogP contribution in [0.4, 0.5) is 0 Å². The van der Waals surface area contributed by atoms with Gasteiger partial charge in [0.1, 0.15) is 4.32 Å². The standard InChI is InChI=1S/C10H6BrNO3S2/c11-5-1-4(2-6(13)8(5)14)3-7-9(15)12-10(16)17-7/h1-3,13-14H,(H,12,15,16)/b7-3-. The molecule has 0 atom stereocenters. The third-order valence-corrected chi connectivity index (χ3v) is 3.77. The summed E-state index contributed by atoms with van der Waals surface area (Å²) in [5.41, 5.74) is 0.592. The number of hydrogen-bond acceptors (Lipinski definition) is 5. The monoisotopic (exact) mass is 331 g/mol. The quantitative estimate of drug-likeness (QED) is 0.418. The lowest BCUT2D eigenvalue weighted by Crippen LogP contribution is -2.17. The first-order valence-electron chi connectivity index (χ1n) is 4.43. The molecule has 1 aliphatic heterocycles. The Balaban J connectivity index is 2.40. The van der Waals surface area contributed by atoms with Gasteiger partial charge in [-0.15, -0.1) is 0 Å². The zero-order chi connectivity index (χ0) is 12.6. The maximum absolute atomic E-state index is 11.4. The Morgan fingerprint density at radius 1 is 1.41 bits per heavy atom. The van der Waals surface area contributed by atoms with Crippen molar-refractivity contribution in [3.05, 3.63) is 27.1 Å². The number of thiocarbonyl (C=S) groups is 1. The molecule has 1 aromatic rings. The number of carbonyl (C=O) groups excluding carboxylic acids is 1. The first kappa shape index (κ1) is 12.4. The van der Waals surface area contributed by atoms with Crippen LogP contribution >= 0.6 is 39.9 Å². The smallest absolute Gasteiger partial charge is 0.263 e. The highest BCUT2D eigenvalue weighted by molar-refractivity contribution is 9.10. The summed E-state index contributed by atoms with van der Waals surface area (Å²) in [6, 6.07) is 2.96. The van der Waals surface area contributed by atoms with Crippen molar-refractivity contribution in [2.75, 3.05) is 0 Å². The lowest BCUT2D eigenvalue weighted by molar-refractivity contribution is -0.115. The molecule has 0 aromatic heterocycles. The van der Waals surface area contributed by atoms with Crippen molar-refractivity contribution in [2.24, 2.45) is 0 Å². The molecule has 0 bridgehead atoms. The van der Waals surface area contributed by atoms with Crippen LogP contribution in [0.1, 0.15) is 5.56 Å². The molecule has 0 saturated carbocycles. The molecule has 1 fully saturated rings. The Morgan fingerprint density at radius 3 is 2.65 bits per heavy atom. The first-order chi connectivity index (χ1) is 7.97. The van der Waals surface area contributed by atoms with Gasteiger partial charge in [-0.05, 0) is 39.7 Å². The highest BCUT2D eigenvalue weighted by Crippen LogP contribution is 2.36. The van der Waals surface area contributed by atoms with Gasteiger partial charge < -0.3 is 15.5 Å². The van der Waals surface area contributed by atoms with Gasteiger partial charge in [-0.3, -0.25) is 4.79 Å². The van der Waals surface area contributed by atoms with Crippen LogP contribution in [0.5, 0.6) is 11.5 Å². The molecule has 17 heavy (non-hydrogen) atoms. The normalized spacial score (nSPS) is 17.6. The fraction of sp³-hybridized carbons (Fsp3) is 0. The minimum atomic E-state index is -0.260. The number of thioether (sulfide) groups is 1. The zero-order valence-electron chi connectivity index (χ0n) is 8.23. The van der Waals surface area contributed by atoms with Crippen LogP contribution in [-0.2, 0) is 4.79 Å². The highest BCUT2D eigenvalue weighted by Gasteiger charge is 2.22. The van der Waals surface area contributed by atoms with Crippen LogP contribution in [0.3, 0.4) is 0 Å². The number of phenolic OH excluding ortho intramolecular Hbond substituents is 2. The van der Waals surface area contributed by atoms with Crippen LogP contribution in [0.2, 0.25) is 0 Å². The average molecular weight is 332 g/mol. The molecule has 0 aliphatic carbocycles. The fourth-order valence-corrected chi connectivity index (χ4v) is 2.77. The van der Waals surface area contributed by atoms with E-state index in [2.05, 4.69) is 21.2 Å². The second-order valence-corrected chi connectivity index (χ2v) is 5.80. The number of nitrogens with one attached hydrogen (secondary N) is 1. The van der Waals surface area contributed by atoms with Gasteiger partial charge in [-0.1, -0.05) is 24.0 Å². The van der Waals surface area contributed by atoms with E-state index in [0.29, 0.717) is 19.3 Å². The molecule has 0 unspecified atom stereocenters. The average Bonchev–Trinajstić information content (AvgIpc) is 2.54. The van der Waals surface area contributed by atoms with Gasteiger partial charge in [0.25, 0.3) is 5.91 Å². The van der Waals surface area contributed by atoms with Gasteiger partial charge in [0.05, 0.1) is 9.38 Å². The number of aromatic hydroxyl groups is 2. The summed E-state index contributed by atoms with van der Waals surface area (Å²) in [6.07, 6.45) is 1.59. The Kier molecular flexibility index (Phi) is 3.41. The number of carbonyl (C=O) groups is 1. The Labute approximate surface area is 115 Å². The lowest BCUT2D eigenvalue weighted by Gasteiger charge is -2.02. The van der Waals surface area contributed by atoms with E-state index in [1.807, 2.05) is 0 Å². The molecule has 7 heteroatoms. The number of hydrogen-bond donors (Lipinski definition) is 3. The number of benzene rings is 1. The van der Waals surface area contributed by atoms with E-state index >= 15 is 0 Å². The molecule has 88 valence electrons. The molecule has 4 nitrogen and oxygen atoms in total. The van der Waals surface area contributed by atoms with Crippen LogP contribution in [0.15, 0.2) is 21.5 Å². The third kappa shape index (κ3) is 2.62. The van der Waals surface area contributed by atoms with E-state index < -0.39 is 0 Å². The number of halogens is 1. The van der Waals surface area contributed by atoms with Gasteiger partial charge in [0.2, 0.25) is 0 Å². The highest BCUT2D eigenvalue weighted by atomic mass is 79.9. The van der Waals surface area contributed by atoms with Crippen molar-refractivity contribution in [2.45, 2.75) is 0 Å². The van der Waals surface area contributed by atoms with Gasteiger partial charge in [0, 0.05) is 0 Å². The molecule has 2 rings (SSSR count). The molecule has 1 heterocycles.